The molecular formula is C11H14ClNOS. The summed E-state index contributed by atoms with van der Waals surface area (Å²) in [6, 6.07) is -0.198. The van der Waals surface area contributed by atoms with E-state index in [2.05, 4.69) is 6.08 Å². The first-order valence-corrected chi connectivity index (χ1v) is 6.28. The third-order valence-corrected chi connectivity index (χ3v) is 4.27. The molecule has 2 rings (SSSR count). The van der Waals surface area contributed by atoms with Gasteiger partial charge in [-0.15, -0.1) is 11.3 Å². The number of hydrogen-bond donors (Lipinski definition) is 1. The molecule has 0 bridgehead atoms. The Kier molecular flexibility index (Phi) is 3.34. The summed E-state index contributed by atoms with van der Waals surface area (Å²) < 4.78 is 5.54. The van der Waals surface area contributed by atoms with Crippen molar-refractivity contribution < 1.29 is 4.74 Å². The zero-order chi connectivity index (χ0) is 10.8. The molecule has 1 aromatic rings. The van der Waals surface area contributed by atoms with Gasteiger partial charge in [-0.2, -0.15) is 0 Å². The van der Waals surface area contributed by atoms with Crippen molar-refractivity contribution in [2.45, 2.75) is 25.8 Å². The molecule has 1 aromatic heterocycles. The summed E-state index contributed by atoms with van der Waals surface area (Å²) in [5.41, 5.74) is 7.20. The van der Waals surface area contributed by atoms with E-state index in [0.29, 0.717) is 0 Å². The average molecular weight is 244 g/mol. The van der Waals surface area contributed by atoms with Crippen LogP contribution >= 0.6 is 22.9 Å². The van der Waals surface area contributed by atoms with Crippen LogP contribution in [0.1, 0.15) is 29.3 Å². The Morgan fingerprint density at radius 2 is 2.40 bits per heavy atom. The molecule has 0 radical (unpaired) electrons. The smallest absolute Gasteiger partial charge is 0.114 e. The van der Waals surface area contributed by atoms with Crippen molar-refractivity contribution in [1.82, 2.24) is 0 Å². The van der Waals surface area contributed by atoms with Crippen molar-refractivity contribution in [2.24, 2.45) is 5.73 Å². The van der Waals surface area contributed by atoms with Crippen LogP contribution in [-0.4, -0.2) is 6.61 Å². The third kappa shape index (κ3) is 2.19. The lowest BCUT2D eigenvalue weighted by atomic mass is 10.1. The highest BCUT2D eigenvalue weighted by Crippen LogP contribution is 2.35. The molecule has 0 saturated carbocycles. The van der Waals surface area contributed by atoms with Gasteiger partial charge in [0.15, 0.2) is 0 Å². The third-order valence-electron chi connectivity index (χ3n) is 2.48. The summed E-state index contributed by atoms with van der Waals surface area (Å²) in [4.78, 5) is 1.00. The molecule has 0 aromatic carbocycles. The molecule has 0 saturated heterocycles. The SMILES string of the molecule is Cc1csc(C(N)C2=CCCCO2)c1Cl. The van der Waals surface area contributed by atoms with Crippen LogP contribution < -0.4 is 5.73 Å². The summed E-state index contributed by atoms with van der Waals surface area (Å²) >= 11 is 7.77. The standard InChI is InChI=1S/C11H14ClNOS/c1-7-6-15-11(9(7)12)10(13)8-4-2-3-5-14-8/h4,6,10H,2-3,5,13H2,1H3. The van der Waals surface area contributed by atoms with Crippen LogP contribution in [0, 0.1) is 6.92 Å². The fraction of sp³-hybridized carbons (Fsp3) is 0.455. The Morgan fingerprint density at radius 3 is 2.93 bits per heavy atom. The van der Waals surface area contributed by atoms with Gasteiger partial charge in [0, 0.05) is 4.88 Å². The molecule has 2 nitrogen and oxygen atoms in total. The summed E-state index contributed by atoms with van der Waals surface area (Å²) in [5, 5.41) is 2.81. The minimum Gasteiger partial charge on any atom is -0.496 e. The van der Waals surface area contributed by atoms with Crippen molar-refractivity contribution >= 4 is 22.9 Å². The molecule has 2 N–H and O–H groups in total. The van der Waals surface area contributed by atoms with E-state index in [1.807, 2.05) is 12.3 Å². The monoisotopic (exact) mass is 243 g/mol. The van der Waals surface area contributed by atoms with Crippen LogP contribution in [0.4, 0.5) is 0 Å². The first-order chi connectivity index (χ1) is 7.20. The highest BCUT2D eigenvalue weighted by molar-refractivity contribution is 7.10. The Labute approximate surface area is 98.7 Å². The Bertz CT molecular complexity index is 386. The van der Waals surface area contributed by atoms with Gasteiger partial charge in [-0.1, -0.05) is 11.6 Å². The van der Waals surface area contributed by atoms with Crippen LogP contribution in [0.5, 0.6) is 0 Å². The van der Waals surface area contributed by atoms with Crippen LogP contribution in [0.15, 0.2) is 17.2 Å². The molecule has 2 heterocycles. The topological polar surface area (TPSA) is 35.2 Å². The van der Waals surface area contributed by atoms with Crippen LogP contribution in [-0.2, 0) is 4.74 Å². The number of hydrogen-bond acceptors (Lipinski definition) is 3. The van der Waals surface area contributed by atoms with Gasteiger partial charge in [0.1, 0.15) is 5.76 Å². The van der Waals surface area contributed by atoms with Gasteiger partial charge < -0.3 is 10.5 Å². The molecule has 1 unspecified atom stereocenters. The predicted octanol–water partition coefficient (Wildman–Crippen LogP) is 3.40. The lowest BCUT2D eigenvalue weighted by molar-refractivity contribution is 0.176. The van der Waals surface area contributed by atoms with E-state index >= 15 is 0 Å². The van der Waals surface area contributed by atoms with Gasteiger partial charge in [-0.3, -0.25) is 0 Å². The highest BCUT2D eigenvalue weighted by atomic mass is 35.5. The highest BCUT2D eigenvalue weighted by Gasteiger charge is 2.20. The normalized spacial score (nSPS) is 18.2. The first-order valence-electron chi connectivity index (χ1n) is 5.02. The van der Waals surface area contributed by atoms with Gasteiger partial charge in [-0.05, 0) is 36.8 Å². The maximum Gasteiger partial charge on any atom is 0.114 e. The minimum atomic E-state index is -0.198. The number of aryl methyl sites for hydroxylation is 1. The predicted molar refractivity (Wildman–Crippen MR) is 64.3 cm³/mol. The average Bonchev–Trinajstić information content (AvgIpc) is 2.60. The number of nitrogens with two attached hydrogens (primary N) is 1. The maximum absolute atomic E-state index is 6.17. The van der Waals surface area contributed by atoms with Gasteiger partial charge in [0.25, 0.3) is 0 Å². The first kappa shape index (κ1) is 11.0. The number of thiophene rings is 1. The summed E-state index contributed by atoms with van der Waals surface area (Å²) in [7, 11) is 0. The lowest BCUT2D eigenvalue weighted by Gasteiger charge is -2.20. The quantitative estimate of drug-likeness (QED) is 0.864. The summed E-state index contributed by atoms with van der Waals surface area (Å²) in [6.45, 7) is 2.76. The Balaban J connectivity index is 2.23. The van der Waals surface area contributed by atoms with E-state index < -0.39 is 0 Å². The summed E-state index contributed by atoms with van der Waals surface area (Å²) in [6.07, 6.45) is 4.19. The Morgan fingerprint density at radius 1 is 1.60 bits per heavy atom. The number of ether oxygens (including phenoxy) is 1. The fourth-order valence-electron chi connectivity index (χ4n) is 1.58. The lowest BCUT2D eigenvalue weighted by Crippen LogP contribution is -2.17. The van der Waals surface area contributed by atoms with E-state index in [0.717, 1.165) is 40.7 Å². The largest absolute Gasteiger partial charge is 0.496 e. The molecule has 1 aliphatic rings. The minimum absolute atomic E-state index is 0.198. The van der Waals surface area contributed by atoms with Gasteiger partial charge in [-0.25, -0.2) is 0 Å². The molecule has 1 atom stereocenters. The van der Waals surface area contributed by atoms with Crippen LogP contribution in [0.2, 0.25) is 5.02 Å². The molecule has 15 heavy (non-hydrogen) atoms. The van der Waals surface area contributed by atoms with Crippen LogP contribution in [0.3, 0.4) is 0 Å². The molecule has 0 fully saturated rings. The zero-order valence-corrected chi connectivity index (χ0v) is 10.2. The van der Waals surface area contributed by atoms with E-state index in [9.17, 15) is 0 Å². The molecule has 0 spiro atoms. The second-order valence-corrected chi connectivity index (χ2v) is 4.96. The van der Waals surface area contributed by atoms with Crippen LogP contribution in [0.25, 0.3) is 0 Å². The summed E-state index contributed by atoms with van der Waals surface area (Å²) in [5.74, 6) is 0.866. The Hall–Kier alpha value is -0.510. The van der Waals surface area contributed by atoms with E-state index in [4.69, 9.17) is 22.1 Å². The van der Waals surface area contributed by atoms with Crippen molar-refractivity contribution in [3.8, 4) is 0 Å². The molecule has 4 heteroatoms. The van der Waals surface area contributed by atoms with Crippen molar-refractivity contribution in [2.75, 3.05) is 6.61 Å². The van der Waals surface area contributed by atoms with Crippen molar-refractivity contribution in [3.05, 3.63) is 32.7 Å². The second-order valence-electron chi connectivity index (χ2n) is 3.67. The second kappa shape index (κ2) is 4.56. The molecule has 82 valence electrons. The molecular weight excluding hydrogens is 230 g/mol. The fourth-order valence-corrected chi connectivity index (χ4v) is 2.90. The van der Waals surface area contributed by atoms with Crippen molar-refractivity contribution in [3.63, 3.8) is 0 Å². The van der Waals surface area contributed by atoms with E-state index in [1.54, 1.807) is 11.3 Å². The van der Waals surface area contributed by atoms with Gasteiger partial charge in [0.2, 0.25) is 0 Å². The zero-order valence-electron chi connectivity index (χ0n) is 8.63. The van der Waals surface area contributed by atoms with Crippen molar-refractivity contribution in [1.29, 1.82) is 0 Å². The maximum atomic E-state index is 6.17. The van der Waals surface area contributed by atoms with Gasteiger partial charge in [0.05, 0.1) is 17.7 Å². The molecule has 0 aliphatic carbocycles. The molecule has 1 aliphatic heterocycles. The number of rotatable bonds is 2. The van der Waals surface area contributed by atoms with E-state index in [-0.39, 0.29) is 6.04 Å². The van der Waals surface area contributed by atoms with Gasteiger partial charge >= 0.3 is 0 Å². The van der Waals surface area contributed by atoms with E-state index in [1.165, 1.54) is 0 Å². The molecule has 0 amide bonds. The number of halogens is 1. The number of allylic oxidation sites excluding steroid dienone is 1.